The molecule has 1 amide bonds. The van der Waals surface area contributed by atoms with Gasteiger partial charge in [0.05, 0.1) is 24.1 Å². The predicted octanol–water partition coefficient (Wildman–Crippen LogP) is 3.06. The molecular formula is C18H16ClN3O3S. The molecule has 0 bridgehead atoms. The van der Waals surface area contributed by atoms with Crippen LogP contribution in [0.3, 0.4) is 0 Å². The Hall–Kier alpha value is -2.64. The smallest absolute Gasteiger partial charge is 0.266 e. The third-order valence-electron chi connectivity index (χ3n) is 3.66. The Morgan fingerprint density at radius 2 is 2.15 bits per heavy atom. The highest BCUT2D eigenvalue weighted by atomic mass is 35.5. The Labute approximate surface area is 159 Å². The van der Waals surface area contributed by atoms with Crippen molar-refractivity contribution >= 4 is 28.8 Å². The van der Waals surface area contributed by atoms with Crippen molar-refractivity contribution in [1.29, 1.82) is 0 Å². The monoisotopic (exact) mass is 389 g/mol. The van der Waals surface area contributed by atoms with E-state index in [1.54, 1.807) is 29.5 Å². The van der Waals surface area contributed by atoms with E-state index in [9.17, 15) is 9.59 Å². The van der Waals surface area contributed by atoms with E-state index < -0.39 is 0 Å². The van der Waals surface area contributed by atoms with Gasteiger partial charge < -0.3 is 10.1 Å². The Bertz CT molecular complexity index is 970. The van der Waals surface area contributed by atoms with Crippen molar-refractivity contribution in [3.8, 4) is 16.3 Å². The van der Waals surface area contributed by atoms with Crippen molar-refractivity contribution in [2.75, 3.05) is 13.7 Å². The average Bonchev–Trinajstić information content (AvgIpc) is 3.17. The number of methoxy groups -OCH3 is 1. The topological polar surface area (TPSA) is 73.2 Å². The van der Waals surface area contributed by atoms with Crippen LogP contribution in [0.5, 0.6) is 5.75 Å². The van der Waals surface area contributed by atoms with Crippen molar-refractivity contribution in [2.45, 2.75) is 6.54 Å². The van der Waals surface area contributed by atoms with Crippen LogP contribution in [0, 0.1) is 0 Å². The summed E-state index contributed by atoms with van der Waals surface area (Å²) < 4.78 is 6.51. The highest BCUT2D eigenvalue weighted by Gasteiger charge is 2.13. The SMILES string of the molecule is COc1ccc(Cl)cc1C(=O)NCCn1nc(-c2cccs2)ccc1=O. The van der Waals surface area contributed by atoms with Gasteiger partial charge >= 0.3 is 0 Å². The van der Waals surface area contributed by atoms with E-state index in [1.807, 2.05) is 17.5 Å². The van der Waals surface area contributed by atoms with Crippen LogP contribution in [0.25, 0.3) is 10.6 Å². The van der Waals surface area contributed by atoms with Crippen LogP contribution in [0.4, 0.5) is 0 Å². The molecule has 1 N–H and O–H groups in total. The number of nitrogens with one attached hydrogen (secondary N) is 1. The summed E-state index contributed by atoms with van der Waals surface area (Å²) in [5.74, 6) is 0.105. The fourth-order valence-corrected chi connectivity index (χ4v) is 3.26. The van der Waals surface area contributed by atoms with Crippen molar-refractivity contribution in [3.63, 3.8) is 0 Å². The molecule has 0 fully saturated rings. The number of carbonyl (C=O) groups is 1. The van der Waals surface area contributed by atoms with Gasteiger partial charge in [0.2, 0.25) is 0 Å². The van der Waals surface area contributed by atoms with Crippen molar-refractivity contribution in [3.05, 3.63) is 68.8 Å². The number of benzene rings is 1. The summed E-state index contributed by atoms with van der Waals surface area (Å²) in [6.07, 6.45) is 0. The van der Waals surface area contributed by atoms with Gasteiger partial charge in [-0.05, 0) is 35.7 Å². The van der Waals surface area contributed by atoms with Crippen LogP contribution in [0.15, 0.2) is 52.6 Å². The van der Waals surface area contributed by atoms with E-state index in [2.05, 4.69) is 10.4 Å². The molecule has 0 saturated heterocycles. The normalized spacial score (nSPS) is 10.5. The molecule has 0 aliphatic rings. The van der Waals surface area contributed by atoms with Crippen LogP contribution < -0.4 is 15.6 Å². The van der Waals surface area contributed by atoms with Gasteiger partial charge in [0, 0.05) is 17.6 Å². The molecule has 26 heavy (non-hydrogen) atoms. The summed E-state index contributed by atoms with van der Waals surface area (Å²) in [5.41, 5.74) is 0.843. The van der Waals surface area contributed by atoms with E-state index in [4.69, 9.17) is 16.3 Å². The van der Waals surface area contributed by atoms with E-state index >= 15 is 0 Å². The summed E-state index contributed by atoms with van der Waals surface area (Å²) in [6, 6.07) is 11.9. The minimum atomic E-state index is -0.327. The fourth-order valence-electron chi connectivity index (χ4n) is 2.39. The largest absolute Gasteiger partial charge is 0.496 e. The van der Waals surface area contributed by atoms with Crippen LogP contribution >= 0.6 is 22.9 Å². The third kappa shape index (κ3) is 4.12. The van der Waals surface area contributed by atoms with Gasteiger partial charge in [0.1, 0.15) is 11.4 Å². The van der Waals surface area contributed by atoms with E-state index in [-0.39, 0.29) is 24.6 Å². The number of hydrogen-bond donors (Lipinski definition) is 1. The number of ether oxygens (including phenoxy) is 1. The van der Waals surface area contributed by atoms with E-state index in [0.29, 0.717) is 16.3 Å². The number of halogens is 1. The van der Waals surface area contributed by atoms with Gasteiger partial charge in [-0.2, -0.15) is 5.10 Å². The second-order valence-electron chi connectivity index (χ2n) is 5.36. The Balaban J connectivity index is 1.68. The lowest BCUT2D eigenvalue weighted by atomic mass is 10.2. The molecule has 0 atom stereocenters. The lowest BCUT2D eigenvalue weighted by molar-refractivity contribution is 0.0948. The highest BCUT2D eigenvalue weighted by molar-refractivity contribution is 7.13. The zero-order valence-electron chi connectivity index (χ0n) is 13.9. The summed E-state index contributed by atoms with van der Waals surface area (Å²) >= 11 is 7.49. The maximum atomic E-state index is 12.3. The standard InChI is InChI=1S/C18H16ClN3O3S/c1-25-15-6-4-12(19)11-13(15)18(24)20-8-9-22-17(23)7-5-14(21-22)16-3-2-10-26-16/h2-7,10-11H,8-9H2,1H3,(H,20,24). The maximum Gasteiger partial charge on any atom is 0.266 e. The predicted molar refractivity (Wildman–Crippen MR) is 102 cm³/mol. The first-order valence-electron chi connectivity index (χ1n) is 7.82. The summed E-state index contributed by atoms with van der Waals surface area (Å²) in [4.78, 5) is 25.3. The number of hydrogen-bond acceptors (Lipinski definition) is 5. The molecule has 3 rings (SSSR count). The van der Waals surface area contributed by atoms with Crippen LogP contribution in [-0.2, 0) is 6.54 Å². The van der Waals surface area contributed by atoms with E-state index in [1.165, 1.54) is 23.9 Å². The molecule has 0 radical (unpaired) electrons. The zero-order valence-corrected chi connectivity index (χ0v) is 15.5. The van der Waals surface area contributed by atoms with Gasteiger partial charge in [-0.25, -0.2) is 4.68 Å². The minimum absolute atomic E-state index is 0.222. The average molecular weight is 390 g/mol. The fraction of sp³-hybridized carbons (Fsp3) is 0.167. The van der Waals surface area contributed by atoms with Crippen LogP contribution in [0.1, 0.15) is 10.4 Å². The Morgan fingerprint density at radius 3 is 2.88 bits per heavy atom. The lowest BCUT2D eigenvalue weighted by Crippen LogP contribution is -2.32. The quantitative estimate of drug-likeness (QED) is 0.703. The minimum Gasteiger partial charge on any atom is -0.496 e. The van der Waals surface area contributed by atoms with Crippen molar-refractivity contribution in [2.24, 2.45) is 0 Å². The Kier molecular flexibility index (Phi) is 5.70. The summed E-state index contributed by atoms with van der Waals surface area (Å²) in [6.45, 7) is 0.502. The molecule has 2 aromatic heterocycles. The van der Waals surface area contributed by atoms with Gasteiger partial charge in [-0.3, -0.25) is 9.59 Å². The lowest BCUT2D eigenvalue weighted by Gasteiger charge is -2.10. The molecule has 1 aromatic carbocycles. The van der Waals surface area contributed by atoms with Crippen molar-refractivity contribution < 1.29 is 9.53 Å². The molecule has 0 aliphatic heterocycles. The van der Waals surface area contributed by atoms with Crippen LogP contribution in [0.2, 0.25) is 5.02 Å². The number of amides is 1. The first kappa shape index (κ1) is 18.2. The molecule has 8 heteroatoms. The number of aromatic nitrogens is 2. The highest BCUT2D eigenvalue weighted by Crippen LogP contribution is 2.22. The molecule has 3 aromatic rings. The van der Waals surface area contributed by atoms with Gasteiger partial charge in [-0.1, -0.05) is 17.7 Å². The second kappa shape index (κ2) is 8.16. The van der Waals surface area contributed by atoms with Crippen LogP contribution in [-0.4, -0.2) is 29.3 Å². The molecule has 0 unspecified atom stereocenters. The molecule has 0 aliphatic carbocycles. The molecule has 0 spiro atoms. The maximum absolute atomic E-state index is 12.3. The van der Waals surface area contributed by atoms with Gasteiger partial charge in [0.25, 0.3) is 11.5 Å². The van der Waals surface area contributed by atoms with Gasteiger partial charge in [-0.15, -0.1) is 11.3 Å². The summed E-state index contributed by atoms with van der Waals surface area (Å²) in [7, 11) is 1.49. The molecule has 0 saturated carbocycles. The number of nitrogens with zero attached hydrogens (tertiary/aromatic N) is 2. The molecule has 2 heterocycles. The molecule has 134 valence electrons. The zero-order chi connectivity index (χ0) is 18.5. The number of rotatable bonds is 6. The molecule has 6 nitrogen and oxygen atoms in total. The van der Waals surface area contributed by atoms with Gasteiger partial charge in [0.15, 0.2) is 0 Å². The van der Waals surface area contributed by atoms with Crippen molar-refractivity contribution in [1.82, 2.24) is 15.1 Å². The first-order valence-corrected chi connectivity index (χ1v) is 9.08. The van der Waals surface area contributed by atoms with E-state index in [0.717, 1.165) is 10.6 Å². The first-order chi connectivity index (χ1) is 12.6. The third-order valence-corrected chi connectivity index (χ3v) is 4.78. The summed E-state index contributed by atoms with van der Waals surface area (Å²) in [5, 5.41) is 9.50. The molecular weight excluding hydrogens is 374 g/mol. The second-order valence-corrected chi connectivity index (χ2v) is 6.74. The number of carbonyl (C=O) groups excluding carboxylic acids is 1. The number of thiophene rings is 1. The Morgan fingerprint density at radius 1 is 1.31 bits per heavy atom.